The van der Waals surface area contributed by atoms with Crippen LogP contribution in [0.4, 0.5) is 5.69 Å². The zero-order chi connectivity index (χ0) is 21.7. The quantitative estimate of drug-likeness (QED) is 0.442. The molecule has 0 saturated heterocycles. The van der Waals surface area contributed by atoms with Gasteiger partial charge in [-0.3, -0.25) is 4.79 Å². The molecule has 1 heterocycles. The van der Waals surface area contributed by atoms with E-state index in [9.17, 15) is 4.79 Å². The Morgan fingerprint density at radius 2 is 1.83 bits per heavy atom. The van der Waals surface area contributed by atoms with E-state index in [0.717, 1.165) is 12.2 Å². The number of aromatic nitrogens is 3. The van der Waals surface area contributed by atoms with E-state index in [0.29, 0.717) is 26.7 Å². The normalized spacial score (nSPS) is 11.9. The van der Waals surface area contributed by atoms with E-state index in [4.69, 9.17) is 27.9 Å². The van der Waals surface area contributed by atoms with E-state index in [2.05, 4.69) is 22.4 Å². The summed E-state index contributed by atoms with van der Waals surface area (Å²) in [7, 11) is 1.85. The molecule has 0 aliphatic rings. The number of rotatable bonds is 8. The van der Waals surface area contributed by atoms with E-state index < -0.39 is 0 Å². The average Bonchev–Trinajstić information content (AvgIpc) is 3.06. The van der Waals surface area contributed by atoms with Gasteiger partial charge in [0.1, 0.15) is 5.75 Å². The molecule has 2 aromatic carbocycles. The molecule has 0 radical (unpaired) electrons. The lowest BCUT2D eigenvalue weighted by Crippen LogP contribution is -2.15. The van der Waals surface area contributed by atoms with Crippen molar-refractivity contribution in [3.8, 4) is 5.75 Å². The number of benzene rings is 2. The van der Waals surface area contributed by atoms with Crippen molar-refractivity contribution in [2.24, 2.45) is 7.05 Å². The van der Waals surface area contributed by atoms with Gasteiger partial charge in [-0.1, -0.05) is 54.0 Å². The maximum atomic E-state index is 12.3. The van der Waals surface area contributed by atoms with Crippen LogP contribution >= 0.6 is 35.0 Å². The van der Waals surface area contributed by atoms with Gasteiger partial charge in [-0.2, -0.15) is 0 Å². The Morgan fingerprint density at radius 3 is 2.47 bits per heavy atom. The fourth-order valence-corrected chi connectivity index (χ4v) is 4.06. The summed E-state index contributed by atoms with van der Waals surface area (Å²) >= 11 is 13.2. The van der Waals surface area contributed by atoms with Crippen LogP contribution in [0.2, 0.25) is 10.0 Å². The Morgan fingerprint density at radius 1 is 1.17 bits per heavy atom. The van der Waals surface area contributed by atoms with Gasteiger partial charge >= 0.3 is 0 Å². The molecule has 1 amide bonds. The molecule has 0 bridgehead atoms. The molecule has 0 saturated carbocycles. The summed E-state index contributed by atoms with van der Waals surface area (Å²) < 4.78 is 7.82. The number of carbonyl (C=O) groups is 1. The van der Waals surface area contributed by atoms with Crippen LogP contribution in [0.15, 0.2) is 47.6 Å². The minimum atomic E-state index is -0.285. The molecule has 6 nitrogen and oxygen atoms in total. The van der Waals surface area contributed by atoms with Crippen molar-refractivity contribution in [1.82, 2.24) is 14.8 Å². The van der Waals surface area contributed by atoms with Crippen molar-refractivity contribution in [3.63, 3.8) is 0 Å². The lowest BCUT2D eigenvalue weighted by Gasteiger charge is -2.14. The van der Waals surface area contributed by atoms with Crippen LogP contribution in [-0.4, -0.2) is 26.4 Å². The van der Waals surface area contributed by atoms with Crippen LogP contribution in [0.25, 0.3) is 0 Å². The predicted molar refractivity (Wildman–Crippen MR) is 122 cm³/mol. The second-order valence-electron chi connectivity index (χ2n) is 6.65. The van der Waals surface area contributed by atoms with Crippen molar-refractivity contribution in [3.05, 3.63) is 63.9 Å². The maximum Gasteiger partial charge on any atom is 0.234 e. The lowest BCUT2D eigenvalue weighted by molar-refractivity contribution is -0.113. The van der Waals surface area contributed by atoms with E-state index in [-0.39, 0.29) is 17.8 Å². The number of thioether (sulfide) groups is 1. The molecule has 1 unspecified atom stereocenters. The zero-order valence-corrected chi connectivity index (χ0v) is 19.2. The standard InChI is InChI=1S/C21H22Cl2N4O2S/c1-4-14-5-7-18(8-6-14)29-13(2)20-25-26-21(27(20)3)30-12-19(28)24-17-10-15(22)9-16(23)11-17/h5-11,13H,4,12H2,1-3H3,(H,24,28). The van der Waals surface area contributed by atoms with Gasteiger partial charge in [0.05, 0.1) is 5.75 Å². The van der Waals surface area contributed by atoms with E-state index in [1.165, 1.54) is 17.3 Å². The van der Waals surface area contributed by atoms with Crippen LogP contribution < -0.4 is 10.1 Å². The summed E-state index contributed by atoms with van der Waals surface area (Å²) in [5.41, 5.74) is 1.80. The van der Waals surface area contributed by atoms with E-state index in [1.54, 1.807) is 18.2 Å². The highest BCUT2D eigenvalue weighted by atomic mass is 35.5. The average molecular weight is 465 g/mol. The SMILES string of the molecule is CCc1ccc(OC(C)c2nnc(SCC(=O)Nc3cc(Cl)cc(Cl)c3)n2C)cc1. The smallest absolute Gasteiger partial charge is 0.234 e. The molecule has 3 rings (SSSR count). The molecule has 1 aromatic heterocycles. The molecule has 0 spiro atoms. The summed E-state index contributed by atoms with van der Waals surface area (Å²) in [6, 6.07) is 12.9. The van der Waals surface area contributed by atoms with Gasteiger partial charge in [-0.25, -0.2) is 0 Å². The van der Waals surface area contributed by atoms with Crippen LogP contribution in [-0.2, 0) is 18.3 Å². The van der Waals surface area contributed by atoms with Gasteiger partial charge in [0.2, 0.25) is 5.91 Å². The number of carbonyl (C=O) groups excluding carboxylic acids is 1. The monoisotopic (exact) mass is 464 g/mol. The number of ether oxygens (including phenoxy) is 1. The Kier molecular flexibility index (Phi) is 7.64. The predicted octanol–water partition coefficient (Wildman–Crippen LogP) is 5.56. The van der Waals surface area contributed by atoms with Crippen molar-refractivity contribution >= 4 is 46.6 Å². The molecule has 1 atom stereocenters. The van der Waals surface area contributed by atoms with Gasteiger partial charge in [-0.05, 0) is 49.2 Å². The molecule has 9 heteroatoms. The number of nitrogens with one attached hydrogen (secondary N) is 1. The van der Waals surface area contributed by atoms with Crippen LogP contribution in [0, 0.1) is 0 Å². The van der Waals surface area contributed by atoms with Crippen LogP contribution in [0.5, 0.6) is 5.75 Å². The summed E-state index contributed by atoms with van der Waals surface area (Å²) in [6.07, 6.45) is 0.698. The highest BCUT2D eigenvalue weighted by Gasteiger charge is 2.18. The van der Waals surface area contributed by atoms with Gasteiger partial charge in [0, 0.05) is 22.8 Å². The van der Waals surface area contributed by atoms with Crippen molar-refractivity contribution in [2.75, 3.05) is 11.1 Å². The van der Waals surface area contributed by atoms with Gasteiger partial charge < -0.3 is 14.6 Å². The first-order valence-electron chi connectivity index (χ1n) is 9.39. The van der Waals surface area contributed by atoms with Crippen LogP contribution in [0.1, 0.15) is 31.3 Å². The highest BCUT2D eigenvalue weighted by molar-refractivity contribution is 7.99. The zero-order valence-electron chi connectivity index (χ0n) is 16.9. The molecule has 30 heavy (non-hydrogen) atoms. The van der Waals surface area contributed by atoms with Crippen molar-refractivity contribution in [2.45, 2.75) is 31.5 Å². The second-order valence-corrected chi connectivity index (χ2v) is 8.47. The van der Waals surface area contributed by atoms with Gasteiger partial charge in [0.25, 0.3) is 0 Å². The summed E-state index contributed by atoms with van der Waals surface area (Å²) in [6.45, 7) is 4.03. The Hall–Kier alpha value is -2.22. The number of hydrogen-bond acceptors (Lipinski definition) is 5. The summed E-state index contributed by atoms with van der Waals surface area (Å²) in [4.78, 5) is 12.3. The molecule has 0 fully saturated rings. The summed E-state index contributed by atoms with van der Waals surface area (Å²) in [5, 5.41) is 12.7. The molecule has 0 aliphatic carbocycles. The minimum Gasteiger partial charge on any atom is -0.483 e. The number of aryl methyl sites for hydroxylation is 1. The third-order valence-corrected chi connectivity index (χ3v) is 5.81. The third kappa shape index (κ3) is 5.90. The molecule has 3 aromatic rings. The molecular weight excluding hydrogens is 443 g/mol. The second kappa shape index (κ2) is 10.2. The first-order valence-corrected chi connectivity index (χ1v) is 11.1. The molecular formula is C21H22Cl2N4O2S. The summed E-state index contributed by atoms with van der Waals surface area (Å²) in [5.74, 6) is 1.43. The highest BCUT2D eigenvalue weighted by Crippen LogP contribution is 2.25. The topological polar surface area (TPSA) is 69.0 Å². The van der Waals surface area contributed by atoms with Crippen molar-refractivity contribution < 1.29 is 9.53 Å². The fraction of sp³-hybridized carbons (Fsp3) is 0.286. The number of halogens is 2. The van der Waals surface area contributed by atoms with E-state index in [1.807, 2.05) is 42.8 Å². The Labute approximate surface area is 189 Å². The Bertz CT molecular complexity index is 1000. The number of amides is 1. The van der Waals surface area contributed by atoms with Gasteiger partial charge in [-0.15, -0.1) is 10.2 Å². The maximum absolute atomic E-state index is 12.3. The first-order chi connectivity index (χ1) is 14.4. The van der Waals surface area contributed by atoms with Crippen molar-refractivity contribution in [1.29, 1.82) is 0 Å². The van der Waals surface area contributed by atoms with Gasteiger partial charge in [0.15, 0.2) is 17.1 Å². The number of nitrogens with zero attached hydrogens (tertiary/aromatic N) is 3. The molecule has 0 aliphatic heterocycles. The Balaban J connectivity index is 1.58. The third-order valence-electron chi connectivity index (χ3n) is 4.36. The number of anilines is 1. The number of hydrogen-bond donors (Lipinski definition) is 1. The molecule has 1 N–H and O–H groups in total. The van der Waals surface area contributed by atoms with Crippen LogP contribution in [0.3, 0.4) is 0 Å². The van der Waals surface area contributed by atoms with E-state index >= 15 is 0 Å². The first kappa shape index (κ1) is 22.5. The molecule has 158 valence electrons. The largest absolute Gasteiger partial charge is 0.483 e. The minimum absolute atomic E-state index is 0.170. The fourth-order valence-electron chi connectivity index (χ4n) is 2.82. The lowest BCUT2D eigenvalue weighted by atomic mass is 10.2.